The maximum absolute atomic E-state index is 11.5. The van der Waals surface area contributed by atoms with Gasteiger partial charge in [-0.25, -0.2) is 4.79 Å². The number of anilines is 1. The molecule has 6 heteroatoms. The van der Waals surface area contributed by atoms with E-state index in [0.29, 0.717) is 28.1 Å². The Morgan fingerprint density at radius 1 is 1.53 bits per heavy atom. The molecule has 0 aliphatic heterocycles. The van der Waals surface area contributed by atoms with Crippen LogP contribution < -0.4 is 5.73 Å². The number of aromatic nitrogens is 2. The molecule has 1 aromatic carbocycles. The largest absolute Gasteiger partial charge is 0.465 e. The molecule has 2 aromatic rings. The molecule has 0 atom stereocenters. The summed E-state index contributed by atoms with van der Waals surface area (Å²) in [5, 5.41) is 13.1. The lowest BCUT2D eigenvalue weighted by molar-refractivity contribution is 0.0601. The zero-order chi connectivity index (χ0) is 14.0. The fraction of sp³-hybridized carbons (Fsp3) is 0.154. The number of hydrogen-bond donors (Lipinski definition) is 1. The summed E-state index contributed by atoms with van der Waals surface area (Å²) in [5.74, 6) is -0.457. The molecule has 0 saturated carbocycles. The van der Waals surface area contributed by atoms with Gasteiger partial charge in [-0.2, -0.15) is 10.4 Å². The Labute approximate surface area is 110 Å². The summed E-state index contributed by atoms with van der Waals surface area (Å²) in [4.78, 5) is 11.5. The molecule has 0 radical (unpaired) electrons. The second-order valence-electron chi connectivity index (χ2n) is 3.94. The predicted octanol–water partition coefficient (Wildman–Crippen LogP) is 1.33. The van der Waals surface area contributed by atoms with Gasteiger partial charge in [0, 0.05) is 18.3 Å². The Kier molecular flexibility index (Phi) is 3.21. The first-order valence-electron chi connectivity index (χ1n) is 5.48. The molecule has 0 aliphatic rings. The van der Waals surface area contributed by atoms with E-state index in [9.17, 15) is 4.79 Å². The van der Waals surface area contributed by atoms with Crippen molar-refractivity contribution in [2.45, 2.75) is 0 Å². The molecule has 0 bridgehead atoms. The van der Waals surface area contributed by atoms with Crippen molar-refractivity contribution >= 4 is 11.7 Å². The van der Waals surface area contributed by atoms with E-state index in [-0.39, 0.29) is 0 Å². The Morgan fingerprint density at radius 3 is 2.89 bits per heavy atom. The maximum atomic E-state index is 11.5. The highest BCUT2D eigenvalue weighted by Crippen LogP contribution is 2.29. The monoisotopic (exact) mass is 256 g/mol. The van der Waals surface area contributed by atoms with Gasteiger partial charge in [0.15, 0.2) is 0 Å². The third-order valence-electron chi connectivity index (χ3n) is 2.79. The molecule has 0 aliphatic carbocycles. The first-order valence-corrected chi connectivity index (χ1v) is 5.48. The van der Waals surface area contributed by atoms with Crippen molar-refractivity contribution in [3.63, 3.8) is 0 Å². The summed E-state index contributed by atoms with van der Waals surface area (Å²) >= 11 is 0. The Bertz CT molecular complexity index is 682. The van der Waals surface area contributed by atoms with E-state index in [1.807, 2.05) is 6.07 Å². The number of aryl methyl sites for hydroxylation is 1. The number of nitrogens with zero attached hydrogens (tertiary/aromatic N) is 3. The number of rotatable bonds is 2. The summed E-state index contributed by atoms with van der Waals surface area (Å²) in [5.41, 5.74) is 8.31. The highest BCUT2D eigenvalue weighted by Gasteiger charge is 2.16. The Morgan fingerprint density at radius 2 is 2.26 bits per heavy atom. The van der Waals surface area contributed by atoms with E-state index >= 15 is 0 Å². The zero-order valence-electron chi connectivity index (χ0n) is 10.5. The maximum Gasteiger partial charge on any atom is 0.337 e. The van der Waals surface area contributed by atoms with Crippen LogP contribution in [0.25, 0.3) is 11.3 Å². The van der Waals surface area contributed by atoms with Crippen LogP contribution in [0.3, 0.4) is 0 Å². The fourth-order valence-electron chi connectivity index (χ4n) is 1.84. The van der Waals surface area contributed by atoms with Gasteiger partial charge in [0.25, 0.3) is 0 Å². The Hall–Kier alpha value is -2.81. The van der Waals surface area contributed by atoms with Crippen LogP contribution in [0, 0.1) is 11.3 Å². The lowest BCUT2D eigenvalue weighted by Crippen LogP contribution is -2.04. The van der Waals surface area contributed by atoms with Crippen molar-refractivity contribution in [3.8, 4) is 17.3 Å². The van der Waals surface area contributed by atoms with Gasteiger partial charge in [0.2, 0.25) is 0 Å². The number of ether oxygens (including phenoxy) is 1. The second kappa shape index (κ2) is 4.82. The molecular formula is C13H12N4O2. The molecule has 0 amide bonds. The highest BCUT2D eigenvalue weighted by molar-refractivity contribution is 5.93. The number of methoxy groups -OCH3 is 1. The Balaban J connectivity index is 2.65. The van der Waals surface area contributed by atoms with Gasteiger partial charge >= 0.3 is 5.97 Å². The van der Waals surface area contributed by atoms with E-state index in [4.69, 9.17) is 11.0 Å². The molecule has 96 valence electrons. The minimum atomic E-state index is -0.457. The lowest BCUT2D eigenvalue weighted by Gasteiger charge is -2.08. The summed E-state index contributed by atoms with van der Waals surface area (Å²) in [6.45, 7) is 0. The third-order valence-corrected chi connectivity index (χ3v) is 2.79. The fourth-order valence-corrected chi connectivity index (χ4v) is 1.84. The highest BCUT2D eigenvalue weighted by atomic mass is 16.5. The molecule has 0 saturated heterocycles. The van der Waals surface area contributed by atoms with Crippen LogP contribution in [-0.2, 0) is 11.8 Å². The molecule has 2 rings (SSSR count). The predicted molar refractivity (Wildman–Crippen MR) is 69.1 cm³/mol. The van der Waals surface area contributed by atoms with E-state index < -0.39 is 5.97 Å². The average molecular weight is 256 g/mol. The number of nitriles is 1. The standard InChI is InChI=1S/C13H12N4O2/c1-17-12(9(6-14)7-16-17)10-5-8(13(18)19-2)3-4-11(10)15/h3-5,7H,15H2,1-2H3. The number of carbonyl (C=O) groups excluding carboxylic acids is 1. The van der Waals surface area contributed by atoms with Gasteiger partial charge in [-0.15, -0.1) is 0 Å². The van der Waals surface area contributed by atoms with Crippen molar-refractivity contribution in [2.24, 2.45) is 7.05 Å². The minimum absolute atomic E-state index is 0.372. The number of esters is 1. The smallest absolute Gasteiger partial charge is 0.337 e. The van der Waals surface area contributed by atoms with Crippen molar-refractivity contribution in [2.75, 3.05) is 12.8 Å². The van der Waals surface area contributed by atoms with E-state index in [1.54, 1.807) is 29.9 Å². The quantitative estimate of drug-likeness (QED) is 0.646. The number of nitrogen functional groups attached to an aromatic ring is 1. The van der Waals surface area contributed by atoms with Crippen LogP contribution in [0.15, 0.2) is 24.4 Å². The van der Waals surface area contributed by atoms with E-state index in [2.05, 4.69) is 9.84 Å². The van der Waals surface area contributed by atoms with Gasteiger partial charge < -0.3 is 10.5 Å². The third kappa shape index (κ3) is 2.13. The van der Waals surface area contributed by atoms with Gasteiger partial charge in [0.1, 0.15) is 6.07 Å². The van der Waals surface area contributed by atoms with Crippen LogP contribution in [0.5, 0.6) is 0 Å². The SMILES string of the molecule is COC(=O)c1ccc(N)c(-c2c(C#N)cnn2C)c1. The van der Waals surface area contributed by atoms with Crippen molar-refractivity contribution in [3.05, 3.63) is 35.5 Å². The van der Waals surface area contributed by atoms with E-state index in [0.717, 1.165) is 0 Å². The molecule has 0 fully saturated rings. The molecule has 0 unspecified atom stereocenters. The molecule has 6 nitrogen and oxygen atoms in total. The van der Waals surface area contributed by atoms with Gasteiger partial charge in [-0.1, -0.05) is 0 Å². The summed E-state index contributed by atoms with van der Waals surface area (Å²) in [6, 6.07) is 6.83. The topological polar surface area (TPSA) is 93.9 Å². The van der Waals surface area contributed by atoms with Gasteiger partial charge in [0.05, 0.1) is 30.1 Å². The number of carbonyl (C=O) groups is 1. The summed E-state index contributed by atoms with van der Waals surface area (Å²) in [6.07, 6.45) is 1.46. The van der Waals surface area contributed by atoms with Crippen molar-refractivity contribution in [1.82, 2.24) is 9.78 Å². The first-order chi connectivity index (χ1) is 9.08. The van der Waals surface area contributed by atoms with Crippen LogP contribution in [0.4, 0.5) is 5.69 Å². The summed E-state index contributed by atoms with van der Waals surface area (Å²) < 4.78 is 6.22. The molecule has 1 aromatic heterocycles. The number of hydrogen-bond acceptors (Lipinski definition) is 5. The van der Waals surface area contributed by atoms with Gasteiger partial charge in [-0.3, -0.25) is 4.68 Å². The number of nitrogens with two attached hydrogens (primary N) is 1. The van der Waals surface area contributed by atoms with Crippen LogP contribution >= 0.6 is 0 Å². The van der Waals surface area contributed by atoms with Gasteiger partial charge in [-0.05, 0) is 18.2 Å². The van der Waals surface area contributed by atoms with E-state index in [1.165, 1.54) is 13.3 Å². The van der Waals surface area contributed by atoms with Crippen LogP contribution in [-0.4, -0.2) is 22.9 Å². The molecule has 2 N–H and O–H groups in total. The van der Waals surface area contributed by atoms with Crippen molar-refractivity contribution in [1.29, 1.82) is 5.26 Å². The normalized spacial score (nSPS) is 9.95. The van der Waals surface area contributed by atoms with Crippen molar-refractivity contribution < 1.29 is 9.53 Å². The lowest BCUT2D eigenvalue weighted by atomic mass is 10.0. The summed E-state index contributed by atoms with van der Waals surface area (Å²) in [7, 11) is 3.02. The molecule has 19 heavy (non-hydrogen) atoms. The van der Waals surface area contributed by atoms with Crippen LogP contribution in [0.1, 0.15) is 15.9 Å². The number of benzene rings is 1. The zero-order valence-corrected chi connectivity index (χ0v) is 10.5. The first kappa shape index (κ1) is 12.6. The van der Waals surface area contributed by atoms with Crippen LogP contribution in [0.2, 0.25) is 0 Å². The molecule has 1 heterocycles. The minimum Gasteiger partial charge on any atom is -0.465 e. The molecule has 0 spiro atoms. The molecular weight excluding hydrogens is 244 g/mol. The average Bonchev–Trinajstić information content (AvgIpc) is 2.79. The second-order valence-corrected chi connectivity index (χ2v) is 3.94.